The van der Waals surface area contributed by atoms with E-state index in [1.165, 1.54) is 0 Å². The summed E-state index contributed by atoms with van der Waals surface area (Å²) in [4.78, 5) is 26.4. The molecule has 5 heteroatoms. The Morgan fingerprint density at radius 2 is 1.72 bits per heavy atom. The maximum Gasteiger partial charge on any atom is 0.323 e. The van der Waals surface area contributed by atoms with E-state index in [9.17, 15) is 9.59 Å². The van der Waals surface area contributed by atoms with Gasteiger partial charge in [-0.2, -0.15) is 0 Å². The predicted octanol–water partition coefficient (Wildman–Crippen LogP) is 4.27. The van der Waals surface area contributed by atoms with Gasteiger partial charge >= 0.3 is 6.03 Å². The van der Waals surface area contributed by atoms with Gasteiger partial charge in [-0.1, -0.05) is 32.0 Å². The van der Waals surface area contributed by atoms with Crippen molar-refractivity contribution in [2.24, 2.45) is 5.92 Å². The van der Waals surface area contributed by atoms with Crippen molar-refractivity contribution < 1.29 is 9.59 Å². The number of nitrogens with zero attached hydrogens (tertiary/aromatic N) is 1. The highest BCUT2D eigenvalue weighted by Crippen LogP contribution is 2.30. The number of rotatable bonds is 3. The number of nitrogens with one attached hydrogen (secondary N) is 2. The molecule has 0 unspecified atom stereocenters. The highest BCUT2D eigenvalue weighted by molar-refractivity contribution is 6.00. The molecule has 3 amide bonds. The van der Waals surface area contributed by atoms with Crippen LogP contribution in [-0.2, 0) is 11.2 Å². The number of urea groups is 1. The molecular weight excluding hydrogens is 314 g/mol. The Balaban J connectivity index is 1.73. The Morgan fingerprint density at radius 3 is 2.44 bits per heavy atom. The van der Waals surface area contributed by atoms with Gasteiger partial charge in [-0.25, -0.2) is 4.79 Å². The molecule has 1 aliphatic rings. The van der Waals surface area contributed by atoms with Crippen LogP contribution in [-0.4, -0.2) is 18.5 Å². The smallest absolute Gasteiger partial charge is 0.312 e. The number of amides is 3. The van der Waals surface area contributed by atoms with Crippen molar-refractivity contribution in [3.63, 3.8) is 0 Å². The maximum absolute atomic E-state index is 12.4. The standard InChI is InChI=1S/C20H23N3O2/c1-14(2)19(24)23-12-6-7-15-13-17(10-11-18(15)23)22-20(25)21-16-8-4-3-5-9-16/h3-5,8-11,13-14H,6-7,12H2,1-2H3,(H2,21,22,25). The number of hydrogen-bond acceptors (Lipinski definition) is 2. The molecular formula is C20H23N3O2. The monoisotopic (exact) mass is 337 g/mol. The summed E-state index contributed by atoms with van der Waals surface area (Å²) >= 11 is 0. The van der Waals surface area contributed by atoms with Crippen LogP contribution in [0.15, 0.2) is 48.5 Å². The number of fused-ring (bicyclic) bond motifs is 1. The summed E-state index contributed by atoms with van der Waals surface area (Å²) in [6.45, 7) is 4.59. The van der Waals surface area contributed by atoms with E-state index < -0.39 is 0 Å². The fraction of sp³-hybridized carbons (Fsp3) is 0.300. The van der Waals surface area contributed by atoms with Gasteiger partial charge in [0.15, 0.2) is 0 Å². The molecule has 1 aliphatic heterocycles. The van der Waals surface area contributed by atoms with E-state index in [-0.39, 0.29) is 17.9 Å². The van der Waals surface area contributed by atoms with Gasteiger partial charge in [-0.05, 0) is 48.7 Å². The molecule has 0 spiro atoms. The molecule has 0 atom stereocenters. The lowest BCUT2D eigenvalue weighted by Gasteiger charge is -2.31. The Hall–Kier alpha value is -2.82. The van der Waals surface area contributed by atoms with Crippen LogP contribution in [0.4, 0.5) is 21.9 Å². The molecule has 1 heterocycles. The zero-order chi connectivity index (χ0) is 17.8. The molecule has 0 bridgehead atoms. The summed E-state index contributed by atoms with van der Waals surface area (Å²) in [5, 5.41) is 5.65. The van der Waals surface area contributed by atoms with Gasteiger partial charge in [-0.15, -0.1) is 0 Å². The molecule has 130 valence electrons. The van der Waals surface area contributed by atoms with Crippen LogP contribution in [0.25, 0.3) is 0 Å². The van der Waals surface area contributed by atoms with Crippen molar-refractivity contribution in [1.29, 1.82) is 0 Å². The van der Waals surface area contributed by atoms with Crippen molar-refractivity contribution >= 4 is 29.0 Å². The molecule has 0 aliphatic carbocycles. The molecule has 2 N–H and O–H groups in total. The molecule has 25 heavy (non-hydrogen) atoms. The lowest BCUT2D eigenvalue weighted by molar-refractivity contribution is -0.121. The number of para-hydroxylation sites is 1. The van der Waals surface area contributed by atoms with Gasteiger partial charge < -0.3 is 15.5 Å². The highest BCUT2D eigenvalue weighted by Gasteiger charge is 2.24. The van der Waals surface area contributed by atoms with Crippen LogP contribution in [0.5, 0.6) is 0 Å². The van der Waals surface area contributed by atoms with E-state index in [2.05, 4.69) is 10.6 Å². The highest BCUT2D eigenvalue weighted by atomic mass is 16.2. The summed E-state index contributed by atoms with van der Waals surface area (Å²) in [6.07, 6.45) is 1.85. The summed E-state index contributed by atoms with van der Waals surface area (Å²) in [7, 11) is 0. The van der Waals surface area contributed by atoms with Crippen LogP contribution in [0.3, 0.4) is 0 Å². The van der Waals surface area contributed by atoms with Gasteiger partial charge in [0.25, 0.3) is 0 Å². The average Bonchev–Trinajstić information content (AvgIpc) is 2.61. The van der Waals surface area contributed by atoms with E-state index in [4.69, 9.17) is 0 Å². The largest absolute Gasteiger partial charge is 0.323 e. The first-order valence-electron chi connectivity index (χ1n) is 8.62. The molecule has 0 saturated carbocycles. The van der Waals surface area contributed by atoms with E-state index in [1.807, 2.05) is 67.3 Å². The zero-order valence-electron chi connectivity index (χ0n) is 14.6. The summed E-state index contributed by atoms with van der Waals surface area (Å²) in [5.41, 5.74) is 3.52. The summed E-state index contributed by atoms with van der Waals surface area (Å²) in [6, 6.07) is 14.8. The van der Waals surface area contributed by atoms with Crippen molar-refractivity contribution in [3.05, 3.63) is 54.1 Å². The SMILES string of the molecule is CC(C)C(=O)N1CCCc2cc(NC(=O)Nc3ccccc3)ccc21. The van der Waals surface area contributed by atoms with Crippen molar-refractivity contribution in [3.8, 4) is 0 Å². The summed E-state index contributed by atoms with van der Waals surface area (Å²) < 4.78 is 0. The van der Waals surface area contributed by atoms with E-state index >= 15 is 0 Å². The Kier molecular flexibility index (Phi) is 5.03. The molecule has 0 radical (unpaired) electrons. The Bertz CT molecular complexity index is 772. The van der Waals surface area contributed by atoms with Crippen LogP contribution in [0.1, 0.15) is 25.8 Å². The lowest BCUT2D eigenvalue weighted by Crippen LogP contribution is -2.38. The van der Waals surface area contributed by atoms with E-state index in [0.29, 0.717) is 0 Å². The fourth-order valence-corrected chi connectivity index (χ4v) is 3.03. The Labute approximate surface area is 148 Å². The minimum Gasteiger partial charge on any atom is -0.312 e. The second-order valence-electron chi connectivity index (χ2n) is 6.54. The van der Waals surface area contributed by atoms with Gasteiger partial charge in [0.2, 0.25) is 5.91 Å². The van der Waals surface area contributed by atoms with Gasteiger partial charge in [0.1, 0.15) is 0 Å². The number of aryl methyl sites for hydroxylation is 1. The molecule has 2 aromatic carbocycles. The van der Waals surface area contributed by atoms with Crippen LogP contribution >= 0.6 is 0 Å². The first-order valence-corrected chi connectivity index (χ1v) is 8.62. The topological polar surface area (TPSA) is 61.4 Å². The molecule has 0 saturated heterocycles. The van der Waals surface area contributed by atoms with Gasteiger partial charge in [-0.3, -0.25) is 4.79 Å². The minimum atomic E-state index is -0.280. The molecule has 5 nitrogen and oxygen atoms in total. The third-order valence-electron chi connectivity index (χ3n) is 4.25. The zero-order valence-corrected chi connectivity index (χ0v) is 14.6. The minimum absolute atomic E-state index is 0.0274. The van der Waals surface area contributed by atoms with Gasteiger partial charge in [0.05, 0.1) is 0 Å². The molecule has 0 aromatic heterocycles. The number of carbonyl (C=O) groups is 2. The van der Waals surface area contributed by atoms with Gasteiger partial charge in [0, 0.05) is 29.5 Å². The number of benzene rings is 2. The third kappa shape index (κ3) is 3.99. The molecule has 2 aromatic rings. The van der Waals surface area contributed by atoms with Crippen molar-refractivity contribution in [1.82, 2.24) is 0 Å². The second kappa shape index (κ2) is 7.38. The number of anilines is 3. The number of hydrogen-bond donors (Lipinski definition) is 2. The van der Waals surface area contributed by atoms with E-state index in [1.54, 1.807) is 0 Å². The molecule has 3 rings (SSSR count). The van der Waals surface area contributed by atoms with Crippen LogP contribution < -0.4 is 15.5 Å². The summed E-state index contributed by atoms with van der Waals surface area (Å²) in [5.74, 6) is 0.115. The van der Waals surface area contributed by atoms with Crippen LogP contribution in [0, 0.1) is 5.92 Å². The first kappa shape index (κ1) is 17.0. The maximum atomic E-state index is 12.4. The lowest BCUT2D eigenvalue weighted by atomic mass is 9.99. The quantitative estimate of drug-likeness (QED) is 0.879. The average molecular weight is 337 g/mol. The second-order valence-corrected chi connectivity index (χ2v) is 6.54. The first-order chi connectivity index (χ1) is 12.0. The predicted molar refractivity (Wildman–Crippen MR) is 101 cm³/mol. The number of carbonyl (C=O) groups excluding carboxylic acids is 2. The van der Waals surface area contributed by atoms with E-state index in [0.717, 1.165) is 42.0 Å². The van der Waals surface area contributed by atoms with Crippen molar-refractivity contribution in [2.75, 3.05) is 22.1 Å². The molecule has 0 fully saturated rings. The van der Waals surface area contributed by atoms with Crippen molar-refractivity contribution in [2.45, 2.75) is 26.7 Å². The normalized spacial score (nSPS) is 13.3. The fourth-order valence-electron chi connectivity index (χ4n) is 3.03. The van der Waals surface area contributed by atoms with Crippen LogP contribution in [0.2, 0.25) is 0 Å². The Morgan fingerprint density at radius 1 is 1.00 bits per heavy atom. The third-order valence-corrected chi connectivity index (χ3v) is 4.25.